The molecular formula is C23H18N2O5. The van der Waals surface area contributed by atoms with E-state index in [4.69, 9.17) is 4.74 Å². The van der Waals surface area contributed by atoms with E-state index in [0.29, 0.717) is 11.3 Å². The fraction of sp³-hybridized carbons (Fsp3) is 0.261. The van der Waals surface area contributed by atoms with Crippen LogP contribution >= 0.6 is 0 Å². The summed E-state index contributed by atoms with van der Waals surface area (Å²) in [6, 6.07) is 16.5. The van der Waals surface area contributed by atoms with Crippen LogP contribution in [0.4, 0.5) is 5.69 Å². The summed E-state index contributed by atoms with van der Waals surface area (Å²) >= 11 is 0. The zero-order chi connectivity index (χ0) is 20.6. The molecule has 0 radical (unpaired) electrons. The summed E-state index contributed by atoms with van der Waals surface area (Å²) in [6.07, 6.45) is 2.12. The molecule has 2 aromatic carbocycles. The Balaban J connectivity index is 1.55. The van der Waals surface area contributed by atoms with Crippen molar-refractivity contribution < 1.29 is 24.2 Å². The van der Waals surface area contributed by atoms with Gasteiger partial charge in [0.05, 0.1) is 23.3 Å². The number of amides is 2. The van der Waals surface area contributed by atoms with Crippen LogP contribution < -0.4 is 4.90 Å². The minimum atomic E-state index is -1.16. The van der Waals surface area contributed by atoms with Gasteiger partial charge in [0.25, 0.3) is 5.91 Å². The molecule has 5 atom stereocenters. The summed E-state index contributed by atoms with van der Waals surface area (Å²) in [7, 11) is 0. The van der Waals surface area contributed by atoms with Crippen LogP contribution in [0.2, 0.25) is 0 Å². The number of benzene rings is 2. The van der Waals surface area contributed by atoms with Crippen molar-refractivity contribution in [1.82, 2.24) is 4.90 Å². The molecule has 4 aliphatic heterocycles. The first-order valence-electron chi connectivity index (χ1n) is 9.90. The largest absolute Gasteiger partial charge is 0.481 e. The Labute approximate surface area is 172 Å². The molecule has 2 amide bonds. The monoisotopic (exact) mass is 402 g/mol. The van der Waals surface area contributed by atoms with Gasteiger partial charge in [0.2, 0.25) is 5.91 Å². The number of fused-ring (bicyclic) bond motifs is 4. The lowest BCUT2D eigenvalue weighted by Crippen LogP contribution is -2.60. The Morgan fingerprint density at radius 3 is 2.57 bits per heavy atom. The van der Waals surface area contributed by atoms with Crippen LogP contribution in [0.25, 0.3) is 0 Å². The first kappa shape index (κ1) is 17.4. The van der Waals surface area contributed by atoms with Gasteiger partial charge in [-0.05, 0) is 23.8 Å². The molecule has 0 unspecified atom stereocenters. The summed E-state index contributed by atoms with van der Waals surface area (Å²) in [5, 5.41) is 9.81. The number of anilines is 1. The average Bonchev–Trinajstić information content (AvgIpc) is 3.40. The zero-order valence-corrected chi connectivity index (χ0v) is 15.8. The molecule has 1 N–H and O–H groups in total. The van der Waals surface area contributed by atoms with Gasteiger partial charge < -0.3 is 14.7 Å². The summed E-state index contributed by atoms with van der Waals surface area (Å²) in [6.45, 7) is 0.288. The maximum absolute atomic E-state index is 13.6. The molecule has 150 valence electrons. The van der Waals surface area contributed by atoms with Gasteiger partial charge in [0.1, 0.15) is 17.7 Å². The third-order valence-corrected chi connectivity index (χ3v) is 6.67. The van der Waals surface area contributed by atoms with Gasteiger partial charge in [-0.25, -0.2) is 0 Å². The standard InChI is InChI=1S/C23H18N2O5/c26-19-14-8-4-5-9-15(14)25-20(27)18-17(21(28)29)16-10-11-23(18,30-16)22(25)24(19)12-13-6-2-1-3-7-13/h1-11,16-18,22H,12H2,(H,28,29)/t16-,17-,18+,22-,23+/m0/s1. The minimum absolute atomic E-state index is 0.197. The van der Waals surface area contributed by atoms with Crippen molar-refractivity contribution in [3.05, 3.63) is 77.9 Å². The minimum Gasteiger partial charge on any atom is -0.481 e. The van der Waals surface area contributed by atoms with Crippen molar-refractivity contribution >= 4 is 23.5 Å². The highest BCUT2D eigenvalue weighted by atomic mass is 16.5. The van der Waals surface area contributed by atoms with E-state index in [-0.39, 0.29) is 18.4 Å². The number of carbonyl (C=O) groups excluding carboxylic acids is 2. The van der Waals surface area contributed by atoms with Crippen molar-refractivity contribution in [2.75, 3.05) is 4.90 Å². The number of rotatable bonds is 3. The number of nitrogens with zero attached hydrogens (tertiary/aromatic N) is 2. The molecule has 7 heteroatoms. The first-order chi connectivity index (χ1) is 14.5. The summed E-state index contributed by atoms with van der Waals surface area (Å²) in [4.78, 5) is 42.4. The lowest BCUT2D eigenvalue weighted by Gasteiger charge is -2.45. The fourth-order valence-corrected chi connectivity index (χ4v) is 5.51. The molecule has 4 aliphatic rings. The molecule has 6 rings (SSSR count). The predicted molar refractivity (Wildman–Crippen MR) is 105 cm³/mol. The van der Waals surface area contributed by atoms with Crippen molar-refractivity contribution in [1.29, 1.82) is 0 Å². The van der Waals surface area contributed by atoms with E-state index >= 15 is 0 Å². The van der Waals surface area contributed by atoms with Gasteiger partial charge in [0, 0.05) is 6.54 Å². The van der Waals surface area contributed by atoms with E-state index in [1.807, 2.05) is 30.3 Å². The topological polar surface area (TPSA) is 87.1 Å². The van der Waals surface area contributed by atoms with E-state index < -0.39 is 35.7 Å². The number of para-hydroxylation sites is 1. The number of ether oxygens (including phenoxy) is 1. The van der Waals surface area contributed by atoms with E-state index in [1.54, 1.807) is 46.2 Å². The van der Waals surface area contributed by atoms with E-state index in [9.17, 15) is 19.5 Å². The van der Waals surface area contributed by atoms with Gasteiger partial charge in [-0.2, -0.15) is 0 Å². The highest BCUT2D eigenvalue weighted by Gasteiger charge is 2.74. The number of carboxylic acids is 1. The summed E-state index contributed by atoms with van der Waals surface area (Å²) in [5.41, 5.74) is 0.696. The molecule has 7 nitrogen and oxygen atoms in total. The van der Waals surface area contributed by atoms with E-state index in [1.165, 1.54) is 0 Å². The molecule has 30 heavy (non-hydrogen) atoms. The molecule has 2 bridgehead atoms. The third kappa shape index (κ3) is 2.00. The number of hydrogen-bond donors (Lipinski definition) is 1. The second-order valence-electron chi connectivity index (χ2n) is 8.15. The Morgan fingerprint density at radius 2 is 1.80 bits per heavy atom. The second-order valence-corrected chi connectivity index (χ2v) is 8.15. The van der Waals surface area contributed by atoms with Crippen LogP contribution in [0.5, 0.6) is 0 Å². The fourth-order valence-electron chi connectivity index (χ4n) is 5.51. The molecule has 1 spiro atoms. The van der Waals surface area contributed by atoms with Gasteiger partial charge >= 0.3 is 5.97 Å². The van der Waals surface area contributed by atoms with Gasteiger partial charge in [-0.15, -0.1) is 0 Å². The molecule has 4 heterocycles. The zero-order valence-electron chi connectivity index (χ0n) is 15.8. The van der Waals surface area contributed by atoms with Gasteiger partial charge in [-0.1, -0.05) is 48.5 Å². The van der Waals surface area contributed by atoms with Crippen LogP contribution in [-0.2, 0) is 20.9 Å². The highest BCUT2D eigenvalue weighted by Crippen LogP contribution is 2.58. The molecule has 2 saturated heterocycles. The van der Waals surface area contributed by atoms with Crippen molar-refractivity contribution in [3.63, 3.8) is 0 Å². The number of carboxylic acid groups (broad SMARTS) is 1. The second kappa shape index (κ2) is 5.79. The molecule has 0 aromatic heterocycles. The lowest BCUT2D eigenvalue weighted by atomic mass is 9.76. The maximum atomic E-state index is 13.6. The molecule has 0 aliphatic carbocycles. The molecule has 0 saturated carbocycles. The molecule has 2 aromatic rings. The summed E-state index contributed by atoms with van der Waals surface area (Å²) < 4.78 is 6.18. The normalized spacial score (nSPS) is 32.9. The highest BCUT2D eigenvalue weighted by molar-refractivity contribution is 6.12. The van der Waals surface area contributed by atoms with Crippen molar-refractivity contribution in [2.24, 2.45) is 11.8 Å². The van der Waals surface area contributed by atoms with Crippen LogP contribution in [-0.4, -0.2) is 45.7 Å². The Kier molecular flexibility index (Phi) is 3.36. The first-order valence-corrected chi connectivity index (χ1v) is 9.90. The van der Waals surface area contributed by atoms with E-state index in [0.717, 1.165) is 5.56 Å². The average molecular weight is 402 g/mol. The maximum Gasteiger partial charge on any atom is 0.310 e. The Hall–Kier alpha value is -3.45. The van der Waals surface area contributed by atoms with Crippen LogP contribution in [0.3, 0.4) is 0 Å². The molecular weight excluding hydrogens is 384 g/mol. The van der Waals surface area contributed by atoms with Gasteiger partial charge in [-0.3, -0.25) is 19.3 Å². The van der Waals surface area contributed by atoms with Crippen LogP contribution in [0, 0.1) is 11.8 Å². The molecule has 2 fully saturated rings. The van der Waals surface area contributed by atoms with Crippen LogP contribution in [0.15, 0.2) is 66.7 Å². The smallest absolute Gasteiger partial charge is 0.310 e. The number of hydrogen-bond acceptors (Lipinski definition) is 4. The van der Waals surface area contributed by atoms with Crippen molar-refractivity contribution in [3.8, 4) is 0 Å². The van der Waals surface area contributed by atoms with Gasteiger partial charge in [0.15, 0.2) is 0 Å². The van der Waals surface area contributed by atoms with Crippen molar-refractivity contribution in [2.45, 2.75) is 24.4 Å². The Bertz CT molecular complexity index is 1130. The number of carbonyl (C=O) groups is 3. The third-order valence-electron chi connectivity index (χ3n) is 6.67. The quantitative estimate of drug-likeness (QED) is 0.794. The summed E-state index contributed by atoms with van der Waals surface area (Å²) in [5.74, 6) is -3.39. The number of aliphatic carboxylic acids is 1. The van der Waals surface area contributed by atoms with E-state index in [2.05, 4.69) is 0 Å². The van der Waals surface area contributed by atoms with Crippen LogP contribution in [0.1, 0.15) is 15.9 Å². The Morgan fingerprint density at radius 1 is 1.07 bits per heavy atom. The predicted octanol–water partition coefficient (Wildman–Crippen LogP) is 2.04. The SMILES string of the molecule is O=C(O)[C@H]1[C@@H]2C=C[C@@]3(O2)[C@H]1C(=O)N1c2ccccc2C(=O)N(Cc2ccccc2)[C@@H]13. The lowest BCUT2D eigenvalue weighted by molar-refractivity contribution is -0.146.